The van der Waals surface area contributed by atoms with Crippen molar-refractivity contribution in [2.24, 2.45) is 5.16 Å². The largest absolute Gasteiger partial charge is 0.411 e. The zero-order valence-corrected chi connectivity index (χ0v) is 9.01. The van der Waals surface area contributed by atoms with Crippen molar-refractivity contribution in [2.45, 2.75) is 6.92 Å². The summed E-state index contributed by atoms with van der Waals surface area (Å²) in [6.45, 7) is 1.68. The summed E-state index contributed by atoms with van der Waals surface area (Å²) in [6.07, 6.45) is 1.06. The maximum Gasteiger partial charge on any atom is 0.280 e. The summed E-state index contributed by atoms with van der Waals surface area (Å²) in [7, 11) is 0. The van der Waals surface area contributed by atoms with Crippen LogP contribution >= 0.6 is 0 Å². The number of aromatic nitrogens is 2. The van der Waals surface area contributed by atoms with E-state index in [0.717, 1.165) is 6.21 Å². The van der Waals surface area contributed by atoms with E-state index < -0.39 is 0 Å². The van der Waals surface area contributed by atoms with Crippen LogP contribution in [0.15, 0.2) is 34.2 Å². The number of nitrogens with one attached hydrogen (secondary N) is 1. The average molecular weight is 235 g/mol. The van der Waals surface area contributed by atoms with Gasteiger partial charge in [0.25, 0.3) is 5.56 Å². The highest BCUT2D eigenvalue weighted by molar-refractivity contribution is 5.80. The summed E-state index contributed by atoms with van der Waals surface area (Å²) in [4.78, 5) is 11.9. The number of hydrogen-bond donors (Lipinski definition) is 2. The van der Waals surface area contributed by atoms with Crippen LogP contribution in [0.3, 0.4) is 0 Å². The summed E-state index contributed by atoms with van der Waals surface area (Å²) in [5, 5.41) is 14.1. The number of aryl methyl sites for hydroxylation is 1. The Morgan fingerprint density at radius 2 is 2.06 bits per heavy atom. The zero-order valence-electron chi connectivity index (χ0n) is 9.01. The molecule has 2 N–H and O–H groups in total. The van der Waals surface area contributed by atoms with Crippen LogP contribution in [0.5, 0.6) is 0 Å². The van der Waals surface area contributed by atoms with Crippen LogP contribution in [0, 0.1) is 12.7 Å². The van der Waals surface area contributed by atoms with Crippen LogP contribution in [-0.4, -0.2) is 21.2 Å². The molecular formula is C11H10FN3O2. The van der Waals surface area contributed by atoms with Crippen molar-refractivity contribution < 1.29 is 9.60 Å². The van der Waals surface area contributed by atoms with E-state index in [1.165, 1.54) is 28.9 Å². The fourth-order valence-electron chi connectivity index (χ4n) is 1.54. The van der Waals surface area contributed by atoms with E-state index in [4.69, 9.17) is 5.21 Å². The topological polar surface area (TPSA) is 70.4 Å². The Kier molecular flexibility index (Phi) is 2.78. The summed E-state index contributed by atoms with van der Waals surface area (Å²) < 4.78 is 14.0. The first-order valence-electron chi connectivity index (χ1n) is 4.88. The number of oxime groups is 1. The van der Waals surface area contributed by atoms with Crippen LogP contribution in [0.25, 0.3) is 5.69 Å². The molecule has 88 valence electrons. The monoisotopic (exact) mass is 235 g/mol. The predicted octanol–water partition coefficient (Wildman–Crippen LogP) is 1.42. The van der Waals surface area contributed by atoms with Crippen molar-refractivity contribution in [3.8, 4) is 5.69 Å². The lowest BCUT2D eigenvalue weighted by Gasteiger charge is -2.00. The smallest absolute Gasteiger partial charge is 0.280 e. The van der Waals surface area contributed by atoms with Crippen molar-refractivity contribution in [1.29, 1.82) is 0 Å². The molecule has 0 aliphatic rings. The van der Waals surface area contributed by atoms with Crippen LogP contribution in [0.2, 0.25) is 0 Å². The molecule has 0 aliphatic heterocycles. The lowest BCUT2D eigenvalue weighted by Crippen LogP contribution is -2.17. The minimum Gasteiger partial charge on any atom is -0.411 e. The maximum atomic E-state index is 12.8. The molecule has 0 saturated heterocycles. The molecule has 0 spiro atoms. The number of halogens is 1. The average Bonchev–Trinajstić information content (AvgIpc) is 2.59. The molecule has 2 aromatic rings. The molecule has 0 unspecified atom stereocenters. The summed E-state index contributed by atoms with van der Waals surface area (Å²) in [6, 6.07) is 5.48. The fourth-order valence-corrected chi connectivity index (χ4v) is 1.54. The molecule has 0 aliphatic carbocycles. The normalized spacial score (nSPS) is 11.2. The minimum atomic E-state index is -0.373. The lowest BCUT2D eigenvalue weighted by atomic mass is 10.3. The SMILES string of the molecule is Cc1[nH]n(-c2ccc(F)cc2)c(=O)c1C=NO. The maximum absolute atomic E-state index is 12.8. The van der Waals surface area contributed by atoms with E-state index in [1.54, 1.807) is 6.92 Å². The second-order valence-corrected chi connectivity index (χ2v) is 3.51. The highest BCUT2D eigenvalue weighted by Crippen LogP contribution is 2.07. The number of benzene rings is 1. The van der Waals surface area contributed by atoms with E-state index in [2.05, 4.69) is 10.3 Å². The molecule has 1 heterocycles. The van der Waals surface area contributed by atoms with Crippen LogP contribution in [0.4, 0.5) is 4.39 Å². The second kappa shape index (κ2) is 4.25. The summed E-state index contributed by atoms with van der Waals surface area (Å²) in [5.74, 6) is -0.373. The number of hydrogen-bond acceptors (Lipinski definition) is 3. The highest BCUT2D eigenvalue weighted by Gasteiger charge is 2.10. The molecule has 0 radical (unpaired) electrons. The van der Waals surface area contributed by atoms with Crippen molar-refractivity contribution in [1.82, 2.24) is 9.78 Å². The summed E-state index contributed by atoms with van der Waals surface area (Å²) in [5.41, 5.74) is 0.984. The van der Waals surface area contributed by atoms with Gasteiger partial charge in [-0.15, -0.1) is 0 Å². The molecule has 0 bridgehead atoms. The third-order valence-corrected chi connectivity index (χ3v) is 2.39. The first-order chi connectivity index (χ1) is 8.13. The van der Waals surface area contributed by atoms with E-state index in [0.29, 0.717) is 11.4 Å². The molecule has 2 rings (SSSR count). The number of nitrogens with zero attached hydrogens (tertiary/aromatic N) is 2. The zero-order chi connectivity index (χ0) is 12.4. The highest BCUT2D eigenvalue weighted by atomic mass is 19.1. The van der Waals surface area contributed by atoms with Crippen molar-refractivity contribution in [2.75, 3.05) is 0 Å². The molecule has 17 heavy (non-hydrogen) atoms. The van der Waals surface area contributed by atoms with E-state index in [1.807, 2.05) is 0 Å². The Bertz CT molecular complexity index is 611. The van der Waals surface area contributed by atoms with Crippen molar-refractivity contribution in [3.63, 3.8) is 0 Å². The second-order valence-electron chi connectivity index (χ2n) is 3.51. The molecule has 0 atom stereocenters. The van der Waals surface area contributed by atoms with Gasteiger partial charge in [-0.1, -0.05) is 5.16 Å². The van der Waals surface area contributed by atoms with E-state index in [-0.39, 0.29) is 16.9 Å². The van der Waals surface area contributed by atoms with Crippen molar-refractivity contribution >= 4 is 6.21 Å². The Morgan fingerprint density at radius 1 is 1.41 bits per heavy atom. The Balaban J connectivity index is 2.57. The van der Waals surface area contributed by atoms with Crippen molar-refractivity contribution in [3.05, 3.63) is 51.7 Å². The Hall–Kier alpha value is -2.37. The number of aromatic amines is 1. The van der Waals surface area contributed by atoms with Gasteiger partial charge in [-0.25, -0.2) is 9.07 Å². The molecular weight excluding hydrogens is 225 g/mol. The third kappa shape index (κ3) is 1.96. The first-order valence-corrected chi connectivity index (χ1v) is 4.88. The number of rotatable bonds is 2. The quantitative estimate of drug-likeness (QED) is 0.469. The molecule has 6 heteroatoms. The molecule has 1 aromatic carbocycles. The van der Waals surface area contributed by atoms with Gasteiger partial charge in [0.1, 0.15) is 5.82 Å². The molecule has 5 nitrogen and oxygen atoms in total. The van der Waals surface area contributed by atoms with Gasteiger partial charge >= 0.3 is 0 Å². The van der Waals surface area contributed by atoms with Gasteiger partial charge in [-0.2, -0.15) is 0 Å². The lowest BCUT2D eigenvalue weighted by molar-refractivity contribution is 0.322. The van der Waals surface area contributed by atoms with Gasteiger partial charge in [0.05, 0.1) is 17.5 Å². The van der Waals surface area contributed by atoms with Gasteiger partial charge in [0, 0.05) is 5.69 Å². The van der Waals surface area contributed by atoms with Gasteiger partial charge in [-0.05, 0) is 31.2 Å². The standard InChI is InChI=1S/C11H10FN3O2/c1-7-10(6-13-17)11(16)15(14-7)9-4-2-8(12)3-5-9/h2-6,14,17H,1H3. The molecule has 1 aromatic heterocycles. The van der Waals surface area contributed by atoms with Gasteiger partial charge in [0.15, 0.2) is 0 Å². The molecule has 0 amide bonds. The van der Waals surface area contributed by atoms with Crippen LogP contribution in [-0.2, 0) is 0 Å². The summed E-state index contributed by atoms with van der Waals surface area (Å²) >= 11 is 0. The van der Waals surface area contributed by atoms with Gasteiger partial charge < -0.3 is 5.21 Å². The predicted molar refractivity (Wildman–Crippen MR) is 60.5 cm³/mol. The first kappa shape index (κ1) is 11.1. The van der Waals surface area contributed by atoms with E-state index in [9.17, 15) is 9.18 Å². The Labute approximate surface area is 95.8 Å². The molecule has 0 saturated carbocycles. The van der Waals surface area contributed by atoms with Crippen LogP contribution < -0.4 is 5.56 Å². The van der Waals surface area contributed by atoms with Crippen LogP contribution in [0.1, 0.15) is 11.3 Å². The fraction of sp³-hybridized carbons (Fsp3) is 0.0909. The van der Waals surface area contributed by atoms with E-state index >= 15 is 0 Å². The Morgan fingerprint density at radius 3 is 2.65 bits per heavy atom. The van der Waals surface area contributed by atoms with Gasteiger partial charge in [-0.3, -0.25) is 9.89 Å². The third-order valence-electron chi connectivity index (χ3n) is 2.39. The number of H-pyrrole nitrogens is 1. The minimum absolute atomic E-state index is 0.261. The molecule has 0 fully saturated rings. The van der Waals surface area contributed by atoms with Gasteiger partial charge in [0.2, 0.25) is 0 Å².